The molecule has 0 spiro atoms. The molecular formula is C20H11F7N2O3. The highest BCUT2D eigenvalue weighted by Gasteiger charge is 2.50. The summed E-state index contributed by atoms with van der Waals surface area (Å²) in [6, 6.07) is 0.753. The number of terminal acetylenes is 1. The number of fused-ring (bicyclic) bond motifs is 1. The number of amides is 2. The number of rotatable bonds is 3. The van der Waals surface area contributed by atoms with E-state index in [0.717, 1.165) is 14.0 Å². The Morgan fingerprint density at radius 2 is 1.69 bits per heavy atom. The third-order valence-corrected chi connectivity index (χ3v) is 4.64. The molecule has 32 heavy (non-hydrogen) atoms. The fourth-order valence-electron chi connectivity index (χ4n) is 3.03. The summed E-state index contributed by atoms with van der Waals surface area (Å²) in [7, 11) is 0.850. The molecule has 0 fully saturated rings. The normalized spacial score (nSPS) is 14.5. The fourth-order valence-corrected chi connectivity index (χ4v) is 3.03. The summed E-state index contributed by atoms with van der Waals surface area (Å²) >= 11 is 0. The number of ether oxygens (including phenoxy) is 1. The molecule has 168 valence electrons. The highest BCUT2D eigenvalue weighted by Crippen LogP contribution is 2.45. The predicted octanol–water partition coefficient (Wildman–Crippen LogP) is 3.98. The highest BCUT2D eigenvalue weighted by molar-refractivity contribution is 6.02. The van der Waals surface area contributed by atoms with E-state index in [-0.39, 0.29) is 11.0 Å². The van der Waals surface area contributed by atoms with Crippen LogP contribution in [0.15, 0.2) is 12.1 Å². The molecule has 2 amide bonds. The molecule has 3 rings (SSSR count). The maximum atomic E-state index is 14.7. The number of carbonyl (C=O) groups is 2. The lowest BCUT2D eigenvalue weighted by Crippen LogP contribution is -2.51. The molecule has 2 aromatic carbocycles. The second-order valence-electron chi connectivity index (χ2n) is 6.57. The van der Waals surface area contributed by atoms with Crippen molar-refractivity contribution in [1.29, 1.82) is 0 Å². The molecular weight excluding hydrogens is 449 g/mol. The Labute approximate surface area is 176 Å². The van der Waals surface area contributed by atoms with Gasteiger partial charge in [0.15, 0.2) is 29.0 Å². The Bertz CT molecular complexity index is 1180. The summed E-state index contributed by atoms with van der Waals surface area (Å²) in [6.45, 7) is 0.116. The van der Waals surface area contributed by atoms with E-state index >= 15 is 0 Å². The maximum Gasteiger partial charge on any atom is 0.483 e. The average molecular weight is 460 g/mol. The van der Waals surface area contributed by atoms with Crippen LogP contribution in [0.25, 0.3) is 11.1 Å². The Morgan fingerprint density at radius 1 is 1.12 bits per heavy atom. The van der Waals surface area contributed by atoms with Crippen LogP contribution < -0.4 is 14.5 Å². The zero-order valence-electron chi connectivity index (χ0n) is 16.2. The van der Waals surface area contributed by atoms with Gasteiger partial charge in [0.25, 0.3) is 0 Å². The van der Waals surface area contributed by atoms with Crippen LogP contribution in [0.5, 0.6) is 5.75 Å². The van der Waals surface area contributed by atoms with Crippen LogP contribution in [0.1, 0.15) is 6.92 Å². The molecule has 1 aliphatic rings. The first-order valence-corrected chi connectivity index (χ1v) is 8.59. The van der Waals surface area contributed by atoms with Gasteiger partial charge in [0.05, 0.1) is 17.8 Å². The van der Waals surface area contributed by atoms with Gasteiger partial charge in [-0.25, -0.2) is 22.0 Å². The van der Waals surface area contributed by atoms with Crippen molar-refractivity contribution in [3.63, 3.8) is 0 Å². The summed E-state index contributed by atoms with van der Waals surface area (Å²) in [5.41, 5.74) is -4.62. The van der Waals surface area contributed by atoms with Crippen molar-refractivity contribution >= 4 is 23.2 Å². The van der Waals surface area contributed by atoms with Gasteiger partial charge < -0.3 is 9.64 Å². The van der Waals surface area contributed by atoms with E-state index in [1.54, 1.807) is 0 Å². The number of benzene rings is 2. The highest BCUT2D eigenvalue weighted by atomic mass is 19.3. The smallest absolute Gasteiger partial charge is 0.423 e. The van der Waals surface area contributed by atoms with E-state index in [1.165, 1.54) is 0 Å². The van der Waals surface area contributed by atoms with Gasteiger partial charge in [-0.05, 0) is 6.07 Å². The number of hydrogen-bond donors (Lipinski definition) is 0. The molecule has 0 saturated heterocycles. The monoisotopic (exact) mass is 460 g/mol. The Balaban J connectivity index is 2.31. The third kappa shape index (κ3) is 3.39. The summed E-state index contributed by atoms with van der Waals surface area (Å²) in [4.78, 5) is 23.9. The van der Waals surface area contributed by atoms with Crippen molar-refractivity contribution in [2.24, 2.45) is 0 Å². The summed E-state index contributed by atoms with van der Waals surface area (Å²) in [5, 5.41) is 0. The second kappa shape index (κ2) is 7.74. The number of hydrogen-bond acceptors (Lipinski definition) is 3. The van der Waals surface area contributed by atoms with Gasteiger partial charge in [-0.15, -0.1) is 6.42 Å². The first kappa shape index (κ1) is 22.9. The van der Waals surface area contributed by atoms with E-state index in [2.05, 4.69) is 4.74 Å². The zero-order chi connectivity index (χ0) is 24.1. The van der Waals surface area contributed by atoms with Crippen LogP contribution in [-0.2, 0) is 9.59 Å². The average Bonchev–Trinajstić information content (AvgIpc) is 2.70. The number of anilines is 2. The molecule has 0 unspecified atom stereocenters. The van der Waals surface area contributed by atoms with Crippen LogP contribution in [0.3, 0.4) is 0 Å². The molecule has 5 nitrogen and oxygen atoms in total. The SMILES string of the molecule is C#CCN1C(=O)C(F)(F)Oc2cc(F)c(-c3c(F)c(F)c(N(C)C(C)=O)c(F)c3F)cc21. The lowest BCUT2D eigenvalue weighted by atomic mass is 10.00. The maximum absolute atomic E-state index is 14.7. The van der Waals surface area contributed by atoms with Gasteiger partial charge in [-0.3, -0.25) is 14.5 Å². The summed E-state index contributed by atoms with van der Waals surface area (Å²) < 4.78 is 105. The molecule has 2 aromatic rings. The van der Waals surface area contributed by atoms with Crippen molar-refractivity contribution in [2.75, 3.05) is 23.4 Å². The summed E-state index contributed by atoms with van der Waals surface area (Å²) in [5.74, 6) is -11.6. The molecule has 0 radical (unpaired) electrons. The lowest BCUT2D eigenvalue weighted by Gasteiger charge is -2.32. The Morgan fingerprint density at radius 3 is 2.19 bits per heavy atom. The topological polar surface area (TPSA) is 49.9 Å². The molecule has 0 aliphatic carbocycles. The minimum atomic E-state index is -4.41. The van der Waals surface area contributed by atoms with Crippen molar-refractivity contribution in [3.8, 4) is 29.2 Å². The minimum absolute atomic E-state index is 0.263. The molecule has 0 N–H and O–H groups in total. The quantitative estimate of drug-likeness (QED) is 0.396. The molecule has 12 heteroatoms. The van der Waals surface area contributed by atoms with Crippen LogP contribution in [0, 0.1) is 41.4 Å². The predicted molar refractivity (Wildman–Crippen MR) is 97.5 cm³/mol. The van der Waals surface area contributed by atoms with Crippen LogP contribution in [0.4, 0.5) is 42.1 Å². The van der Waals surface area contributed by atoms with Gasteiger partial charge in [0, 0.05) is 25.6 Å². The first-order valence-electron chi connectivity index (χ1n) is 8.59. The van der Waals surface area contributed by atoms with Gasteiger partial charge in [-0.1, -0.05) is 5.92 Å². The number of alkyl halides is 2. The summed E-state index contributed by atoms with van der Waals surface area (Å²) in [6.07, 6.45) is 0.637. The molecule has 1 heterocycles. The first-order chi connectivity index (χ1) is 14.8. The third-order valence-electron chi connectivity index (χ3n) is 4.64. The molecule has 1 aliphatic heterocycles. The Hall–Kier alpha value is -3.75. The van der Waals surface area contributed by atoms with Crippen molar-refractivity contribution in [2.45, 2.75) is 13.0 Å². The van der Waals surface area contributed by atoms with Gasteiger partial charge >= 0.3 is 12.0 Å². The van der Waals surface area contributed by atoms with E-state index in [1.807, 2.05) is 5.92 Å². The number of carbonyl (C=O) groups excluding carboxylic acids is 2. The van der Waals surface area contributed by atoms with Gasteiger partial charge in [-0.2, -0.15) is 8.78 Å². The van der Waals surface area contributed by atoms with Crippen LogP contribution in [-0.4, -0.2) is 31.5 Å². The number of nitrogens with zero attached hydrogens (tertiary/aromatic N) is 2. The molecule has 0 saturated carbocycles. The number of halogens is 7. The zero-order valence-corrected chi connectivity index (χ0v) is 16.2. The van der Waals surface area contributed by atoms with Gasteiger partial charge in [0.1, 0.15) is 11.5 Å². The van der Waals surface area contributed by atoms with E-state index < -0.39 is 81.8 Å². The van der Waals surface area contributed by atoms with Crippen LogP contribution >= 0.6 is 0 Å². The second-order valence-corrected chi connectivity index (χ2v) is 6.57. The largest absolute Gasteiger partial charge is 0.483 e. The van der Waals surface area contributed by atoms with Crippen molar-refractivity contribution < 1.29 is 45.1 Å². The van der Waals surface area contributed by atoms with E-state index in [0.29, 0.717) is 11.0 Å². The van der Waals surface area contributed by atoms with E-state index in [9.17, 15) is 40.3 Å². The molecule has 0 atom stereocenters. The van der Waals surface area contributed by atoms with Crippen molar-refractivity contribution in [1.82, 2.24) is 0 Å². The lowest BCUT2D eigenvalue weighted by molar-refractivity contribution is -0.192. The van der Waals surface area contributed by atoms with E-state index in [4.69, 9.17) is 6.42 Å². The standard InChI is InChI=1S/C20H11F7N2O3/c1-4-5-29-11-6-9(10(21)7-12(11)32-20(26,27)19(29)31)13-14(22)16(24)18(17(25)15(13)23)28(3)8(2)30/h1,6-7H,5H2,2-3H3. The van der Waals surface area contributed by atoms with Crippen LogP contribution in [0.2, 0.25) is 0 Å². The Kier molecular flexibility index (Phi) is 5.55. The van der Waals surface area contributed by atoms with Crippen molar-refractivity contribution in [3.05, 3.63) is 41.2 Å². The molecule has 0 aromatic heterocycles. The molecule has 0 bridgehead atoms. The minimum Gasteiger partial charge on any atom is -0.423 e. The van der Waals surface area contributed by atoms with Gasteiger partial charge in [0.2, 0.25) is 5.91 Å². The fraction of sp³-hybridized carbons (Fsp3) is 0.200.